The first-order chi connectivity index (χ1) is 16.9. The van der Waals surface area contributed by atoms with E-state index in [-0.39, 0.29) is 19.0 Å². The number of nitrogens with two attached hydrogens (primary N) is 1. The molecule has 3 aromatic rings. The maximum Gasteiger partial charge on any atom is 0.439 e. The van der Waals surface area contributed by atoms with E-state index in [9.17, 15) is 19.2 Å². The Labute approximate surface area is 199 Å². The van der Waals surface area contributed by atoms with Crippen LogP contribution < -0.4 is 21.7 Å². The topological polar surface area (TPSA) is 170 Å². The number of ether oxygens (including phenoxy) is 2. The van der Waals surface area contributed by atoms with Crippen LogP contribution >= 0.6 is 0 Å². The fourth-order valence-corrected chi connectivity index (χ4v) is 3.64. The summed E-state index contributed by atoms with van der Waals surface area (Å²) in [5, 5.41) is 6.22. The predicted molar refractivity (Wildman–Crippen MR) is 123 cm³/mol. The molecule has 0 saturated carbocycles. The van der Waals surface area contributed by atoms with Crippen molar-refractivity contribution in [3.8, 4) is 11.4 Å². The molecule has 182 valence electrons. The largest absolute Gasteiger partial charge is 0.449 e. The number of benzene rings is 2. The van der Waals surface area contributed by atoms with Crippen LogP contribution in [0.2, 0.25) is 0 Å². The second-order valence-electron chi connectivity index (χ2n) is 7.70. The Morgan fingerprint density at radius 2 is 2.03 bits per heavy atom. The lowest BCUT2D eigenvalue weighted by molar-refractivity contribution is -0.167. The van der Waals surface area contributed by atoms with Crippen molar-refractivity contribution < 1.29 is 28.4 Å². The van der Waals surface area contributed by atoms with Crippen molar-refractivity contribution in [2.24, 2.45) is 5.73 Å². The molecule has 4 rings (SSSR count). The Balaban J connectivity index is 1.52. The first kappa shape index (κ1) is 23.9. The molecule has 1 aliphatic rings. The smallest absolute Gasteiger partial charge is 0.439 e. The highest BCUT2D eigenvalue weighted by Crippen LogP contribution is 2.24. The first-order valence-corrected chi connectivity index (χ1v) is 10.7. The monoisotopic (exact) mass is 481 g/mol. The van der Waals surface area contributed by atoms with Gasteiger partial charge in [0.05, 0.1) is 6.61 Å². The Morgan fingerprint density at radius 3 is 2.69 bits per heavy atom. The van der Waals surface area contributed by atoms with E-state index in [2.05, 4.69) is 20.0 Å². The number of hydrogen-bond donors (Lipinski definition) is 3. The summed E-state index contributed by atoms with van der Waals surface area (Å²) in [5.41, 5.74) is 8.06. The van der Waals surface area contributed by atoms with Gasteiger partial charge in [-0.1, -0.05) is 17.3 Å². The van der Waals surface area contributed by atoms with Crippen LogP contribution in [0.25, 0.3) is 11.4 Å². The van der Waals surface area contributed by atoms with Crippen molar-refractivity contribution in [2.75, 3.05) is 23.4 Å². The molecule has 2 amide bonds. The van der Waals surface area contributed by atoms with E-state index in [1.807, 2.05) is 6.07 Å². The van der Waals surface area contributed by atoms with Gasteiger partial charge in [-0.05, 0) is 42.0 Å². The summed E-state index contributed by atoms with van der Waals surface area (Å²) in [6.45, 7) is 1.85. The highest BCUT2D eigenvalue weighted by atomic mass is 16.6. The number of hydrogen-bond acceptors (Lipinski definition) is 9. The van der Waals surface area contributed by atoms with E-state index < -0.39 is 35.7 Å². The minimum absolute atomic E-state index is 0.138. The van der Waals surface area contributed by atoms with Crippen molar-refractivity contribution in [3.05, 3.63) is 64.6 Å². The molecule has 2 aromatic carbocycles. The number of carbonyl (C=O) groups is 3. The van der Waals surface area contributed by atoms with Crippen LogP contribution in [0, 0.1) is 0 Å². The van der Waals surface area contributed by atoms with Gasteiger partial charge in [0.2, 0.25) is 6.10 Å². The molecule has 1 aliphatic heterocycles. The summed E-state index contributed by atoms with van der Waals surface area (Å²) in [6.07, 6.45) is -2.86. The molecule has 0 unspecified atom stereocenters. The number of nitrogens with zero attached hydrogens (tertiary/aromatic N) is 2. The fourth-order valence-electron chi connectivity index (χ4n) is 3.64. The Bertz CT molecular complexity index is 1280. The van der Waals surface area contributed by atoms with Crippen LogP contribution in [0.1, 0.15) is 12.5 Å². The number of H-pyrrole nitrogens is 1. The number of aromatic amines is 1. The molecule has 0 radical (unpaired) electrons. The highest BCUT2D eigenvalue weighted by Gasteiger charge is 2.42. The van der Waals surface area contributed by atoms with Crippen LogP contribution in [0.15, 0.2) is 57.8 Å². The number of nitrogens with one attached hydrogen (secondary N) is 2. The molecule has 1 saturated heterocycles. The lowest BCUT2D eigenvalue weighted by Gasteiger charge is -2.35. The van der Waals surface area contributed by atoms with E-state index in [0.717, 1.165) is 12.5 Å². The van der Waals surface area contributed by atoms with E-state index in [0.29, 0.717) is 23.5 Å². The lowest BCUT2D eigenvalue weighted by atomic mass is 10.1. The average Bonchev–Trinajstić information content (AvgIpc) is 3.29. The third-order valence-corrected chi connectivity index (χ3v) is 5.27. The molecular weight excluding hydrogens is 458 g/mol. The minimum Gasteiger partial charge on any atom is -0.449 e. The molecule has 2 atom stereocenters. The molecule has 2 heterocycles. The number of rotatable bonds is 7. The molecule has 12 nitrogen and oxygen atoms in total. The quantitative estimate of drug-likeness (QED) is 0.413. The van der Waals surface area contributed by atoms with E-state index >= 15 is 0 Å². The molecular formula is C23H23N5O7. The molecule has 4 N–H and O–H groups in total. The van der Waals surface area contributed by atoms with E-state index in [4.69, 9.17) is 15.2 Å². The standard InChI is InChI=1S/C23H23N5O7/c1-13(29)34-18(19-22(31)28(9-10-33-19)17-4-2-3-14(11-17)12-24)21(30)25-16-7-5-15(6-8-16)20-26-23(32)35-27-20/h2-8,11,18-19H,9-10,12,24H2,1H3,(H,25,30)(H,26,27,32)/t18-,19-/m1/s1. The van der Waals surface area contributed by atoms with Crippen LogP contribution in [-0.2, 0) is 30.4 Å². The van der Waals surface area contributed by atoms with Gasteiger partial charge in [0.25, 0.3) is 11.8 Å². The van der Waals surface area contributed by atoms with Gasteiger partial charge >= 0.3 is 11.7 Å². The van der Waals surface area contributed by atoms with Crippen molar-refractivity contribution >= 4 is 29.2 Å². The normalized spacial score (nSPS) is 16.6. The number of carbonyl (C=O) groups excluding carboxylic acids is 3. The maximum atomic E-state index is 13.3. The first-order valence-electron chi connectivity index (χ1n) is 10.7. The van der Waals surface area contributed by atoms with Gasteiger partial charge < -0.3 is 25.4 Å². The van der Waals surface area contributed by atoms with Crippen molar-refractivity contribution in [3.63, 3.8) is 0 Å². The van der Waals surface area contributed by atoms with Crippen LogP contribution in [0.5, 0.6) is 0 Å². The van der Waals surface area contributed by atoms with Gasteiger partial charge in [0.15, 0.2) is 11.9 Å². The zero-order chi connectivity index (χ0) is 24.9. The lowest BCUT2D eigenvalue weighted by Crippen LogP contribution is -2.56. The van der Waals surface area contributed by atoms with Gasteiger partial charge in [0, 0.05) is 37.0 Å². The zero-order valence-electron chi connectivity index (χ0n) is 18.7. The van der Waals surface area contributed by atoms with Gasteiger partial charge in [-0.2, -0.15) is 0 Å². The molecule has 1 fully saturated rings. The average molecular weight is 481 g/mol. The van der Waals surface area contributed by atoms with Gasteiger partial charge in [-0.3, -0.25) is 23.9 Å². The predicted octanol–water partition coefficient (Wildman–Crippen LogP) is 0.791. The summed E-state index contributed by atoms with van der Waals surface area (Å²) in [7, 11) is 0. The van der Waals surface area contributed by atoms with Gasteiger partial charge in [0.1, 0.15) is 0 Å². The highest BCUT2D eigenvalue weighted by molar-refractivity contribution is 6.04. The Kier molecular flexibility index (Phi) is 7.03. The van der Waals surface area contributed by atoms with E-state index in [1.165, 1.54) is 4.90 Å². The van der Waals surface area contributed by atoms with Crippen molar-refractivity contribution in [2.45, 2.75) is 25.7 Å². The zero-order valence-corrected chi connectivity index (χ0v) is 18.7. The number of aromatic nitrogens is 2. The third-order valence-electron chi connectivity index (χ3n) is 5.27. The number of amides is 2. The third kappa shape index (κ3) is 5.45. The maximum absolute atomic E-state index is 13.3. The second-order valence-corrected chi connectivity index (χ2v) is 7.70. The summed E-state index contributed by atoms with van der Waals surface area (Å²) < 4.78 is 15.3. The number of anilines is 2. The van der Waals surface area contributed by atoms with Crippen LogP contribution in [0.4, 0.5) is 11.4 Å². The second kappa shape index (κ2) is 10.3. The van der Waals surface area contributed by atoms with Crippen molar-refractivity contribution in [1.82, 2.24) is 10.1 Å². The van der Waals surface area contributed by atoms with Crippen LogP contribution in [-0.4, -0.2) is 53.3 Å². The summed E-state index contributed by atoms with van der Waals surface area (Å²) in [6, 6.07) is 13.5. The summed E-state index contributed by atoms with van der Waals surface area (Å²) in [5.74, 6) is -2.46. The Morgan fingerprint density at radius 1 is 1.26 bits per heavy atom. The van der Waals surface area contributed by atoms with Crippen LogP contribution in [0.3, 0.4) is 0 Å². The SMILES string of the molecule is CC(=O)O[C@@H](C(=O)Nc1ccc(-c2noc(=O)[nH]2)cc1)[C@H]1OCCN(c2cccc(CN)c2)C1=O. The Hall–Kier alpha value is -4.29. The number of esters is 1. The van der Waals surface area contributed by atoms with Gasteiger partial charge in [-0.25, -0.2) is 4.79 Å². The molecule has 35 heavy (non-hydrogen) atoms. The summed E-state index contributed by atoms with van der Waals surface area (Å²) >= 11 is 0. The molecule has 0 bridgehead atoms. The van der Waals surface area contributed by atoms with Gasteiger partial charge in [-0.15, -0.1) is 0 Å². The van der Waals surface area contributed by atoms with E-state index in [1.54, 1.807) is 42.5 Å². The number of morpholine rings is 1. The molecule has 1 aromatic heterocycles. The molecule has 12 heteroatoms. The molecule has 0 aliphatic carbocycles. The minimum atomic E-state index is -1.52. The van der Waals surface area contributed by atoms with Crippen molar-refractivity contribution in [1.29, 1.82) is 0 Å². The fraction of sp³-hybridized carbons (Fsp3) is 0.261. The molecule has 0 spiro atoms. The summed E-state index contributed by atoms with van der Waals surface area (Å²) in [4.78, 5) is 53.1.